The smallest absolute Gasteiger partial charge is 0.217 e. The first-order chi connectivity index (χ1) is 5.70. The van der Waals surface area contributed by atoms with E-state index in [9.17, 15) is 4.79 Å². The maximum absolute atomic E-state index is 10.4. The minimum absolute atomic E-state index is 0.0528. The SMILES string of the molecule is C=C.C=N/C(=C\C)CNC(C)=O. The largest absolute Gasteiger partial charge is 0.351 e. The molecule has 0 aliphatic carbocycles. The molecule has 0 rings (SSSR count). The predicted molar refractivity (Wildman–Crippen MR) is 53.2 cm³/mol. The Morgan fingerprint density at radius 1 is 1.58 bits per heavy atom. The van der Waals surface area contributed by atoms with Crippen molar-refractivity contribution in [1.29, 1.82) is 0 Å². The van der Waals surface area contributed by atoms with Gasteiger partial charge in [-0.05, 0) is 13.6 Å². The van der Waals surface area contributed by atoms with Crippen molar-refractivity contribution < 1.29 is 4.79 Å². The maximum atomic E-state index is 10.4. The molecule has 0 radical (unpaired) electrons. The van der Waals surface area contributed by atoms with E-state index < -0.39 is 0 Å². The summed E-state index contributed by atoms with van der Waals surface area (Å²) in [5.41, 5.74) is 0.787. The van der Waals surface area contributed by atoms with Crippen LogP contribution in [0.1, 0.15) is 13.8 Å². The van der Waals surface area contributed by atoms with Gasteiger partial charge in [-0.3, -0.25) is 9.79 Å². The molecular weight excluding hydrogens is 152 g/mol. The lowest BCUT2D eigenvalue weighted by Crippen LogP contribution is -2.21. The molecule has 0 aromatic heterocycles. The molecule has 0 aromatic rings. The van der Waals surface area contributed by atoms with Crippen molar-refractivity contribution in [2.45, 2.75) is 13.8 Å². The average molecular weight is 168 g/mol. The molecule has 0 fully saturated rings. The number of carbonyl (C=O) groups is 1. The summed E-state index contributed by atoms with van der Waals surface area (Å²) in [5.74, 6) is -0.0528. The average Bonchev–Trinajstić information content (AvgIpc) is 2.09. The first-order valence-electron chi connectivity index (χ1n) is 3.57. The second kappa shape index (κ2) is 9.62. The quantitative estimate of drug-likeness (QED) is 0.504. The number of allylic oxidation sites excluding steroid dienone is 1. The Morgan fingerprint density at radius 3 is 2.33 bits per heavy atom. The van der Waals surface area contributed by atoms with Crippen LogP contribution in [0.3, 0.4) is 0 Å². The third-order valence-corrected chi connectivity index (χ3v) is 1.05. The van der Waals surface area contributed by atoms with Gasteiger partial charge in [0.15, 0.2) is 0 Å². The highest BCUT2D eigenvalue weighted by atomic mass is 16.1. The standard InChI is InChI=1S/C7H12N2O.C2H4/c1-4-7(8-3)5-9-6(2)10;1-2/h4H,3,5H2,1-2H3,(H,9,10);1-2H2/b7-4-;. The Balaban J connectivity index is 0. The number of aliphatic imine (C=N–C) groups is 1. The molecule has 0 bridgehead atoms. The third-order valence-electron chi connectivity index (χ3n) is 1.05. The van der Waals surface area contributed by atoms with Gasteiger partial charge in [0.1, 0.15) is 0 Å². The summed E-state index contributed by atoms with van der Waals surface area (Å²) in [4.78, 5) is 14.1. The van der Waals surface area contributed by atoms with Gasteiger partial charge in [0.05, 0.1) is 12.2 Å². The van der Waals surface area contributed by atoms with E-state index in [1.54, 1.807) is 0 Å². The summed E-state index contributed by atoms with van der Waals surface area (Å²) >= 11 is 0. The van der Waals surface area contributed by atoms with E-state index in [0.717, 1.165) is 5.70 Å². The van der Waals surface area contributed by atoms with Crippen LogP contribution in [0.5, 0.6) is 0 Å². The van der Waals surface area contributed by atoms with E-state index in [0.29, 0.717) is 6.54 Å². The summed E-state index contributed by atoms with van der Waals surface area (Å²) in [5, 5.41) is 2.61. The van der Waals surface area contributed by atoms with Crippen LogP contribution in [0.2, 0.25) is 0 Å². The summed E-state index contributed by atoms with van der Waals surface area (Å²) in [6.45, 7) is 13.1. The Bertz CT molecular complexity index is 173. The second-order valence-corrected chi connectivity index (χ2v) is 1.85. The van der Waals surface area contributed by atoms with Crippen LogP contribution in [0.25, 0.3) is 0 Å². The molecule has 3 nitrogen and oxygen atoms in total. The van der Waals surface area contributed by atoms with Crippen LogP contribution >= 0.6 is 0 Å². The van der Waals surface area contributed by atoms with Crippen molar-refractivity contribution >= 4 is 12.6 Å². The van der Waals surface area contributed by atoms with Crippen LogP contribution in [0, 0.1) is 0 Å². The summed E-state index contributed by atoms with van der Waals surface area (Å²) in [6, 6.07) is 0. The monoisotopic (exact) mass is 168 g/mol. The van der Waals surface area contributed by atoms with Crippen molar-refractivity contribution in [2.24, 2.45) is 4.99 Å². The van der Waals surface area contributed by atoms with E-state index >= 15 is 0 Å². The highest BCUT2D eigenvalue weighted by Gasteiger charge is 1.91. The van der Waals surface area contributed by atoms with Gasteiger partial charge >= 0.3 is 0 Å². The lowest BCUT2D eigenvalue weighted by atomic mass is 10.4. The molecular formula is C9H16N2O. The van der Waals surface area contributed by atoms with Crippen LogP contribution in [-0.2, 0) is 4.79 Å². The van der Waals surface area contributed by atoms with Crippen LogP contribution in [0.15, 0.2) is 29.9 Å². The van der Waals surface area contributed by atoms with Crippen molar-refractivity contribution in [3.63, 3.8) is 0 Å². The van der Waals surface area contributed by atoms with Gasteiger partial charge in [-0.25, -0.2) is 0 Å². The molecule has 3 heteroatoms. The van der Waals surface area contributed by atoms with E-state index in [2.05, 4.69) is 30.2 Å². The number of nitrogens with one attached hydrogen (secondary N) is 1. The number of amides is 1. The first-order valence-corrected chi connectivity index (χ1v) is 3.57. The van der Waals surface area contributed by atoms with Crippen LogP contribution < -0.4 is 5.32 Å². The summed E-state index contributed by atoms with van der Waals surface area (Å²) < 4.78 is 0. The molecule has 0 unspecified atom stereocenters. The zero-order chi connectivity index (χ0) is 9.98. The molecule has 0 spiro atoms. The Hall–Kier alpha value is -1.38. The fourth-order valence-electron chi connectivity index (χ4n) is 0.464. The Labute approximate surface area is 73.9 Å². The van der Waals surface area contributed by atoms with Gasteiger partial charge < -0.3 is 5.32 Å². The topological polar surface area (TPSA) is 41.5 Å². The predicted octanol–water partition coefficient (Wildman–Crippen LogP) is 1.53. The Kier molecular flexibility index (Phi) is 10.6. The van der Waals surface area contributed by atoms with E-state index in [1.165, 1.54) is 6.92 Å². The molecule has 0 aromatic carbocycles. The molecule has 68 valence electrons. The van der Waals surface area contributed by atoms with E-state index in [4.69, 9.17) is 0 Å². The summed E-state index contributed by atoms with van der Waals surface area (Å²) in [7, 11) is 0. The van der Waals surface area contributed by atoms with E-state index in [-0.39, 0.29) is 5.91 Å². The van der Waals surface area contributed by atoms with Crippen molar-refractivity contribution in [1.82, 2.24) is 5.32 Å². The molecule has 1 N–H and O–H groups in total. The van der Waals surface area contributed by atoms with Gasteiger partial charge in [0.25, 0.3) is 0 Å². The van der Waals surface area contributed by atoms with E-state index in [1.807, 2.05) is 13.0 Å². The lowest BCUT2D eigenvalue weighted by Gasteiger charge is -1.99. The van der Waals surface area contributed by atoms with Crippen LogP contribution in [0.4, 0.5) is 0 Å². The molecule has 0 saturated heterocycles. The molecule has 0 aliphatic rings. The highest BCUT2D eigenvalue weighted by molar-refractivity contribution is 5.73. The normalized spacial score (nSPS) is 9.33. The van der Waals surface area contributed by atoms with Gasteiger partial charge in [-0.15, -0.1) is 13.2 Å². The molecule has 0 heterocycles. The van der Waals surface area contributed by atoms with Gasteiger partial charge in [0.2, 0.25) is 5.91 Å². The fourth-order valence-corrected chi connectivity index (χ4v) is 0.464. The third kappa shape index (κ3) is 8.62. The first kappa shape index (κ1) is 13.2. The number of hydrogen-bond donors (Lipinski definition) is 1. The minimum atomic E-state index is -0.0528. The van der Waals surface area contributed by atoms with Gasteiger partial charge in [0, 0.05) is 6.92 Å². The fraction of sp³-hybridized carbons (Fsp3) is 0.333. The zero-order valence-electron chi connectivity index (χ0n) is 7.76. The molecule has 1 amide bonds. The van der Waals surface area contributed by atoms with Crippen molar-refractivity contribution in [3.05, 3.63) is 24.9 Å². The highest BCUT2D eigenvalue weighted by Crippen LogP contribution is 1.90. The van der Waals surface area contributed by atoms with Gasteiger partial charge in [-0.1, -0.05) is 6.08 Å². The molecule has 0 saturated carbocycles. The zero-order valence-corrected chi connectivity index (χ0v) is 7.76. The Morgan fingerprint density at radius 2 is 2.08 bits per heavy atom. The molecule has 12 heavy (non-hydrogen) atoms. The molecule has 0 atom stereocenters. The minimum Gasteiger partial charge on any atom is -0.351 e. The number of rotatable bonds is 3. The van der Waals surface area contributed by atoms with Crippen molar-refractivity contribution in [3.8, 4) is 0 Å². The number of nitrogens with zero attached hydrogens (tertiary/aromatic N) is 1. The number of hydrogen-bond acceptors (Lipinski definition) is 2. The summed E-state index contributed by atoms with van der Waals surface area (Å²) in [6.07, 6.45) is 1.81. The van der Waals surface area contributed by atoms with Gasteiger partial charge in [-0.2, -0.15) is 0 Å². The molecule has 0 aliphatic heterocycles. The maximum Gasteiger partial charge on any atom is 0.217 e. The lowest BCUT2D eigenvalue weighted by molar-refractivity contribution is -0.118. The number of carbonyl (C=O) groups excluding carboxylic acids is 1. The van der Waals surface area contributed by atoms with Crippen molar-refractivity contribution in [2.75, 3.05) is 6.54 Å². The van der Waals surface area contributed by atoms with Crippen LogP contribution in [-0.4, -0.2) is 19.2 Å². The second-order valence-electron chi connectivity index (χ2n) is 1.85.